The van der Waals surface area contributed by atoms with Crippen molar-refractivity contribution in [2.45, 2.75) is 19.4 Å². The summed E-state index contributed by atoms with van der Waals surface area (Å²) in [6.45, 7) is 1.29. The number of likely N-dealkylation sites (N-methyl/N-ethyl adjacent to an activating group) is 1. The third-order valence-corrected chi connectivity index (χ3v) is 1.29. The largest absolute Gasteiger partial charge is 0.481 e. The highest BCUT2D eigenvalue weighted by Crippen LogP contribution is 2.04. The van der Waals surface area contributed by atoms with Crippen molar-refractivity contribution in [3.63, 3.8) is 0 Å². The molecule has 0 bridgehead atoms. The molecule has 82 valence electrons. The number of carbonyl (C=O) groups is 2. The Hall–Kier alpha value is -1.10. The van der Waals surface area contributed by atoms with Gasteiger partial charge in [-0.25, -0.2) is 0 Å². The highest BCUT2D eigenvalue weighted by atomic mass is 16.5. The number of rotatable bonds is 5. The van der Waals surface area contributed by atoms with Crippen LogP contribution in [0.25, 0.3) is 0 Å². The van der Waals surface area contributed by atoms with Crippen molar-refractivity contribution in [1.29, 1.82) is 0 Å². The number of hydrogen-bond acceptors (Lipinski definition) is 3. The van der Waals surface area contributed by atoms with Gasteiger partial charge in [0.2, 0.25) is 0 Å². The van der Waals surface area contributed by atoms with Crippen LogP contribution in [0.4, 0.5) is 0 Å². The van der Waals surface area contributed by atoms with Crippen molar-refractivity contribution < 1.29 is 25.3 Å². The van der Waals surface area contributed by atoms with E-state index in [-0.39, 0.29) is 6.54 Å². The van der Waals surface area contributed by atoms with E-state index >= 15 is 0 Å². The first-order chi connectivity index (χ1) is 6.54. The fraction of sp³-hybridized carbons (Fsp3) is 0.778. The smallest absolute Gasteiger partial charge is 0.307 e. The highest BCUT2D eigenvalue weighted by molar-refractivity contribution is 5.69. The van der Waals surface area contributed by atoms with Crippen molar-refractivity contribution in [2.24, 2.45) is 0 Å². The van der Waals surface area contributed by atoms with Crippen molar-refractivity contribution in [2.75, 3.05) is 27.7 Å². The molecule has 0 unspecified atom stereocenters. The standard InChI is InChI=1S/C9H17NO4/c1-7(11)14-8(5-9(12)13)6-10(2,3)4/h8H,5-6H2,1-4H3/p+1/t8-/m0/s1/i8D. The average Bonchev–Trinajstić information content (AvgIpc) is 1.73. The Morgan fingerprint density at radius 3 is 2.29 bits per heavy atom. The van der Waals surface area contributed by atoms with Crippen LogP contribution in [0, 0.1) is 0 Å². The Labute approximate surface area is 85.3 Å². The van der Waals surface area contributed by atoms with Crippen LogP contribution in [0.3, 0.4) is 0 Å². The van der Waals surface area contributed by atoms with Gasteiger partial charge in [-0.3, -0.25) is 9.59 Å². The summed E-state index contributed by atoms with van der Waals surface area (Å²) in [6, 6.07) is 0. The average molecular weight is 205 g/mol. The second-order valence-electron chi connectivity index (χ2n) is 4.15. The predicted molar refractivity (Wildman–Crippen MR) is 50.7 cm³/mol. The second-order valence-corrected chi connectivity index (χ2v) is 4.15. The van der Waals surface area contributed by atoms with Gasteiger partial charge in [0.15, 0.2) is 6.08 Å². The number of carbonyl (C=O) groups excluding carboxylic acids is 1. The number of carboxylic acids is 1. The van der Waals surface area contributed by atoms with Gasteiger partial charge in [-0.05, 0) is 0 Å². The number of aliphatic carboxylic acids is 1. The molecule has 0 amide bonds. The number of carboxylic acid groups (broad SMARTS) is 1. The number of hydrogen-bond donors (Lipinski definition) is 1. The van der Waals surface area contributed by atoms with Gasteiger partial charge in [0.05, 0.1) is 28.9 Å². The molecule has 0 radical (unpaired) electrons. The van der Waals surface area contributed by atoms with E-state index in [1.807, 2.05) is 0 Å². The first kappa shape index (κ1) is 11.0. The van der Waals surface area contributed by atoms with E-state index in [1.165, 1.54) is 6.92 Å². The van der Waals surface area contributed by atoms with Crippen molar-refractivity contribution in [1.82, 2.24) is 0 Å². The lowest BCUT2D eigenvalue weighted by molar-refractivity contribution is -0.873. The van der Waals surface area contributed by atoms with Crippen LogP contribution in [-0.4, -0.2) is 55.3 Å². The molecular formula is C9H18NO4+. The summed E-state index contributed by atoms with van der Waals surface area (Å²) < 4.78 is 12.9. The Morgan fingerprint density at radius 2 is 2.00 bits per heavy atom. The molecule has 0 aromatic rings. The van der Waals surface area contributed by atoms with E-state index in [1.54, 1.807) is 21.1 Å². The van der Waals surface area contributed by atoms with Gasteiger partial charge in [-0.2, -0.15) is 0 Å². The van der Waals surface area contributed by atoms with Crippen LogP contribution in [0.5, 0.6) is 0 Å². The third-order valence-electron chi connectivity index (χ3n) is 1.29. The molecule has 0 aliphatic carbocycles. The first-order valence-electron chi connectivity index (χ1n) is 4.76. The molecule has 0 rings (SSSR count). The third kappa shape index (κ3) is 7.54. The topological polar surface area (TPSA) is 63.6 Å². The molecule has 0 saturated carbocycles. The lowest BCUT2D eigenvalue weighted by atomic mass is 10.2. The molecule has 14 heavy (non-hydrogen) atoms. The Kier molecular flexibility index (Phi) is 3.88. The number of nitrogens with zero attached hydrogens (tertiary/aromatic N) is 1. The molecule has 0 aromatic carbocycles. The first-order valence-corrected chi connectivity index (χ1v) is 4.26. The molecule has 0 aromatic heterocycles. The van der Waals surface area contributed by atoms with Gasteiger partial charge in [0.25, 0.3) is 0 Å². The monoisotopic (exact) mass is 205 g/mol. The van der Waals surface area contributed by atoms with Gasteiger partial charge in [0, 0.05) is 6.92 Å². The summed E-state index contributed by atoms with van der Waals surface area (Å²) >= 11 is 0. The molecule has 0 heterocycles. The van der Waals surface area contributed by atoms with E-state index in [4.69, 9.17) is 11.2 Å². The van der Waals surface area contributed by atoms with Gasteiger partial charge >= 0.3 is 11.9 Å². The minimum Gasteiger partial charge on any atom is -0.481 e. The second kappa shape index (κ2) is 4.95. The fourth-order valence-electron chi connectivity index (χ4n) is 1.03. The molecule has 5 nitrogen and oxygen atoms in total. The van der Waals surface area contributed by atoms with Crippen LogP contribution in [0.15, 0.2) is 0 Å². The maximum absolute atomic E-state index is 10.8. The van der Waals surface area contributed by atoms with Gasteiger partial charge in [-0.1, -0.05) is 0 Å². The van der Waals surface area contributed by atoms with Gasteiger partial charge in [0.1, 0.15) is 6.54 Å². The van der Waals surface area contributed by atoms with Crippen LogP contribution in [-0.2, 0) is 14.3 Å². The SMILES string of the molecule is [2H][C@](CC(=O)O)(C[N+](C)(C)C)OC(C)=O. The van der Waals surface area contributed by atoms with E-state index in [2.05, 4.69) is 0 Å². The van der Waals surface area contributed by atoms with E-state index in [0.717, 1.165) is 0 Å². The van der Waals surface area contributed by atoms with Crippen LogP contribution in [0.2, 0.25) is 0 Å². The van der Waals surface area contributed by atoms with Crippen molar-refractivity contribution >= 4 is 11.9 Å². The zero-order valence-corrected chi connectivity index (χ0v) is 9.03. The fourth-order valence-corrected chi connectivity index (χ4v) is 1.03. The van der Waals surface area contributed by atoms with Crippen LogP contribution < -0.4 is 0 Å². The maximum Gasteiger partial charge on any atom is 0.307 e. The van der Waals surface area contributed by atoms with Crippen molar-refractivity contribution in [3.8, 4) is 0 Å². The Balaban J connectivity index is 4.69. The van der Waals surface area contributed by atoms with Crippen LogP contribution >= 0.6 is 0 Å². The normalized spacial score (nSPS) is 16.7. The molecule has 0 aliphatic rings. The summed E-state index contributed by atoms with van der Waals surface area (Å²) in [5, 5.41) is 8.64. The minimum atomic E-state index is -1.70. The van der Waals surface area contributed by atoms with Crippen LogP contribution in [0.1, 0.15) is 14.7 Å². The van der Waals surface area contributed by atoms with E-state index in [0.29, 0.717) is 4.48 Å². The summed E-state index contributed by atoms with van der Waals surface area (Å²) in [5.74, 6) is -1.79. The van der Waals surface area contributed by atoms with Gasteiger partial charge < -0.3 is 14.3 Å². The molecule has 5 heteroatoms. The Morgan fingerprint density at radius 1 is 1.50 bits per heavy atom. The predicted octanol–water partition coefficient (Wildman–Crippen LogP) is 0.0990. The molecule has 1 N–H and O–H groups in total. The summed E-state index contributed by atoms with van der Waals surface area (Å²) in [7, 11) is 5.40. The molecule has 0 saturated heterocycles. The lowest BCUT2D eigenvalue weighted by Gasteiger charge is -2.28. The summed E-state index contributed by atoms with van der Waals surface area (Å²) in [4.78, 5) is 21.3. The van der Waals surface area contributed by atoms with E-state index < -0.39 is 24.4 Å². The van der Waals surface area contributed by atoms with E-state index in [9.17, 15) is 9.59 Å². The molecule has 0 aliphatic heterocycles. The maximum atomic E-state index is 10.8. The van der Waals surface area contributed by atoms with Crippen molar-refractivity contribution in [3.05, 3.63) is 0 Å². The zero-order chi connectivity index (χ0) is 12.3. The minimum absolute atomic E-state index is 0.124. The molecular weight excluding hydrogens is 186 g/mol. The number of quaternary nitrogens is 1. The highest BCUT2D eigenvalue weighted by Gasteiger charge is 2.23. The van der Waals surface area contributed by atoms with Gasteiger partial charge in [-0.15, -0.1) is 0 Å². The summed E-state index contributed by atoms with van der Waals surface area (Å²) in [5.41, 5.74) is 0. The lowest BCUT2D eigenvalue weighted by Crippen LogP contribution is -2.43. The number of esters is 1. The quantitative estimate of drug-likeness (QED) is 0.510. The Bertz CT molecular complexity index is 243. The molecule has 0 fully saturated rings. The molecule has 1 atom stereocenters. The molecule has 0 spiro atoms. The summed E-state index contributed by atoms with van der Waals surface area (Å²) in [6.07, 6.45) is -2.21. The zero-order valence-electron chi connectivity index (χ0n) is 10.0. The number of ether oxygens (including phenoxy) is 1.